The van der Waals surface area contributed by atoms with E-state index in [1.807, 2.05) is 66.9 Å². The molecule has 41 heavy (non-hydrogen) atoms. The standard InChI is InChI=1S/C34H34N3O4/c1-22(36)33(39)37(26-16-14-23-8-2-3-9-24(23)18-26)27(20-38)17-15-25(19-35)34(40)41-21-32-30-12-6-4-10-28(30)29-11-5-7-13-31(29)32/h2-14,16,18,22,25,27,32H,15,17,19,21,35-36H2,1H3/t22-,25?,27-/m0/s1. The van der Waals surface area contributed by atoms with Gasteiger partial charge in [0.15, 0.2) is 0 Å². The van der Waals surface area contributed by atoms with Crippen LogP contribution in [0.2, 0.25) is 0 Å². The molecule has 3 atom stereocenters. The molecule has 0 saturated carbocycles. The normalized spacial score (nSPS) is 14.5. The summed E-state index contributed by atoms with van der Waals surface area (Å²) in [5, 5.41) is 1.94. The summed E-state index contributed by atoms with van der Waals surface area (Å²) in [5.74, 6) is -1.52. The second-order valence-electron chi connectivity index (χ2n) is 10.5. The molecule has 0 bridgehead atoms. The van der Waals surface area contributed by atoms with E-state index in [9.17, 15) is 14.4 Å². The van der Waals surface area contributed by atoms with Crippen LogP contribution in [0.15, 0.2) is 91.0 Å². The quantitative estimate of drug-likeness (QED) is 0.262. The Labute approximate surface area is 240 Å². The summed E-state index contributed by atoms with van der Waals surface area (Å²) in [6.45, 7) is 1.83. The second-order valence-corrected chi connectivity index (χ2v) is 10.5. The van der Waals surface area contributed by atoms with Crippen LogP contribution in [0.3, 0.4) is 0 Å². The lowest BCUT2D eigenvalue weighted by Crippen LogP contribution is -2.49. The summed E-state index contributed by atoms with van der Waals surface area (Å²) in [7, 11) is 0. The molecule has 1 amide bonds. The Kier molecular flexibility index (Phi) is 8.57. The number of hydrogen-bond donors (Lipinski definition) is 2. The summed E-state index contributed by atoms with van der Waals surface area (Å²) in [5.41, 5.74) is 17.1. The van der Waals surface area contributed by atoms with Crippen LogP contribution in [0.4, 0.5) is 5.69 Å². The summed E-state index contributed by atoms with van der Waals surface area (Å²) in [6, 6.07) is 27.8. The van der Waals surface area contributed by atoms with Crippen LogP contribution in [0.25, 0.3) is 21.9 Å². The molecule has 1 aliphatic carbocycles. The van der Waals surface area contributed by atoms with Crippen molar-refractivity contribution in [1.29, 1.82) is 0 Å². The third-order valence-electron chi connectivity index (χ3n) is 7.85. The van der Waals surface area contributed by atoms with Crippen LogP contribution in [-0.2, 0) is 19.1 Å². The lowest BCUT2D eigenvalue weighted by Gasteiger charge is -2.30. The fourth-order valence-electron chi connectivity index (χ4n) is 5.66. The number of ether oxygens (including phenoxy) is 1. The molecule has 4 aromatic carbocycles. The third kappa shape index (κ3) is 5.78. The number of esters is 1. The van der Waals surface area contributed by atoms with Crippen molar-refractivity contribution in [3.63, 3.8) is 0 Å². The number of nitrogens with two attached hydrogens (primary N) is 2. The molecule has 5 rings (SSSR count). The van der Waals surface area contributed by atoms with Gasteiger partial charge in [-0.15, -0.1) is 0 Å². The largest absolute Gasteiger partial charge is 0.464 e. The number of fused-ring (bicyclic) bond motifs is 4. The molecule has 1 aliphatic rings. The number of rotatable bonds is 11. The van der Waals surface area contributed by atoms with E-state index in [0.717, 1.165) is 33.0 Å². The Bertz CT molecular complexity index is 1520. The number of benzene rings is 4. The van der Waals surface area contributed by atoms with Crippen LogP contribution in [0, 0.1) is 5.92 Å². The fourth-order valence-corrected chi connectivity index (χ4v) is 5.66. The molecule has 0 aliphatic heterocycles. The minimum atomic E-state index is -0.940. The van der Waals surface area contributed by atoms with E-state index in [-0.39, 0.29) is 31.9 Å². The zero-order valence-electron chi connectivity index (χ0n) is 23.0. The highest BCUT2D eigenvalue weighted by Crippen LogP contribution is 2.44. The van der Waals surface area contributed by atoms with Gasteiger partial charge in [0.05, 0.1) is 12.0 Å². The Hall–Kier alpha value is -4.33. The van der Waals surface area contributed by atoms with E-state index in [0.29, 0.717) is 5.69 Å². The van der Waals surface area contributed by atoms with Crippen LogP contribution in [0.5, 0.6) is 0 Å². The summed E-state index contributed by atoms with van der Waals surface area (Å²) < 4.78 is 5.82. The highest BCUT2D eigenvalue weighted by molar-refractivity contribution is 6.02. The lowest BCUT2D eigenvalue weighted by molar-refractivity contribution is -0.148. The molecule has 7 heteroatoms. The van der Waals surface area contributed by atoms with Gasteiger partial charge in [-0.2, -0.15) is 0 Å². The number of hydrogen-bond acceptors (Lipinski definition) is 6. The number of nitrogens with zero attached hydrogens (tertiary/aromatic N) is 1. The van der Waals surface area contributed by atoms with Gasteiger partial charge in [0.2, 0.25) is 12.2 Å². The zero-order valence-corrected chi connectivity index (χ0v) is 23.0. The smallest absolute Gasteiger partial charge is 0.310 e. The summed E-state index contributed by atoms with van der Waals surface area (Å²) in [6.07, 6.45) is 2.44. The van der Waals surface area contributed by atoms with Gasteiger partial charge in [0.25, 0.3) is 0 Å². The molecule has 0 fully saturated rings. The molecule has 0 aromatic heterocycles. The fraction of sp³-hybridized carbons (Fsp3) is 0.265. The topological polar surface area (TPSA) is 116 Å². The van der Waals surface area contributed by atoms with Crippen molar-refractivity contribution in [2.45, 2.75) is 37.8 Å². The van der Waals surface area contributed by atoms with Crippen molar-refractivity contribution in [2.24, 2.45) is 17.4 Å². The average molecular weight is 549 g/mol. The minimum absolute atomic E-state index is 0.0550. The van der Waals surface area contributed by atoms with E-state index in [4.69, 9.17) is 16.2 Å². The molecule has 209 valence electrons. The predicted octanol–water partition coefficient (Wildman–Crippen LogP) is 4.71. The SMILES string of the molecule is C[C@H](N)C(=O)N(c1ccc2ccccc2c1)[C@H]([C]=O)CCC(CN)C(=O)OCC1c2ccccc2-c2ccccc21. The van der Waals surface area contributed by atoms with Crippen molar-refractivity contribution in [3.8, 4) is 11.1 Å². The van der Waals surface area contributed by atoms with E-state index in [1.54, 1.807) is 13.0 Å². The first-order valence-corrected chi connectivity index (χ1v) is 13.9. The maximum Gasteiger partial charge on any atom is 0.310 e. The lowest BCUT2D eigenvalue weighted by atomic mass is 9.97. The Balaban J connectivity index is 1.29. The van der Waals surface area contributed by atoms with Crippen LogP contribution in [0.1, 0.15) is 36.8 Å². The Morgan fingerprint density at radius 1 is 0.878 bits per heavy atom. The summed E-state index contributed by atoms with van der Waals surface area (Å²) in [4.78, 5) is 40.0. The zero-order chi connectivity index (χ0) is 28.9. The first kappa shape index (κ1) is 28.2. The van der Waals surface area contributed by atoms with Crippen molar-refractivity contribution in [1.82, 2.24) is 0 Å². The van der Waals surface area contributed by atoms with Crippen molar-refractivity contribution in [2.75, 3.05) is 18.1 Å². The maximum atomic E-state index is 13.2. The van der Waals surface area contributed by atoms with Crippen LogP contribution < -0.4 is 16.4 Å². The van der Waals surface area contributed by atoms with Gasteiger partial charge in [-0.25, -0.2) is 0 Å². The average Bonchev–Trinajstić information content (AvgIpc) is 3.32. The first-order valence-electron chi connectivity index (χ1n) is 13.9. The molecule has 0 saturated heterocycles. The molecule has 1 unspecified atom stereocenters. The van der Waals surface area contributed by atoms with Gasteiger partial charge in [-0.3, -0.25) is 14.4 Å². The molecular weight excluding hydrogens is 514 g/mol. The molecule has 4 N–H and O–H groups in total. The van der Waals surface area contributed by atoms with Gasteiger partial charge in [-0.05, 0) is 64.9 Å². The van der Waals surface area contributed by atoms with Crippen molar-refractivity contribution < 1.29 is 19.1 Å². The number of carbonyl (C=O) groups is 2. The van der Waals surface area contributed by atoms with Gasteiger partial charge in [0, 0.05) is 18.2 Å². The number of carbonyl (C=O) groups excluding carboxylic acids is 3. The van der Waals surface area contributed by atoms with Gasteiger partial charge in [-0.1, -0.05) is 78.9 Å². The number of anilines is 1. The van der Waals surface area contributed by atoms with Gasteiger partial charge >= 0.3 is 5.97 Å². The minimum Gasteiger partial charge on any atom is -0.464 e. The molecule has 4 aromatic rings. The van der Waals surface area contributed by atoms with E-state index in [1.165, 1.54) is 4.90 Å². The van der Waals surface area contributed by atoms with Crippen LogP contribution >= 0.6 is 0 Å². The highest BCUT2D eigenvalue weighted by Gasteiger charge is 2.32. The molecule has 7 nitrogen and oxygen atoms in total. The van der Waals surface area contributed by atoms with E-state index >= 15 is 0 Å². The molecule has 0 spiro atoms. The maximum absolute atomic E-state index is 13.2. The second kappa shape index (κ2) is 12.5. The predicted molar refractivity (Wildman–Crippen MR) is 161 cm³/mol. The molecule has 1 radical (unpaired) electrons. The van der Waals surface area contributed by atoms with Gasteiger partial charge < -0.3 is 21.1 Å². The third-order valence-corrected chi connectivity index (χ3v) is 7.85. The first-order chi connectivity index (χ1) is 19.9. The van der Waals surface area contributed by atoms with E-state index < -0.39 is 29.9 Å². The van der Waals surface area contributed by atoms with E-state index in [2.05, 4.69) is 24.3 Å². The van der Waals surface area contributed by atoms with Crippen molar-refractivity contribution in [3.05, 3.63) is 102 Å². The highest BCUT2D eigenvalue weighted by atomic mass is 16.5. The monoisotopic (exact) mass is 548 g/mol. The molecule has 0 heterocycles. The summed E-state index contributed by atoms with van der Waals surface area (Å²) >= 11 is 0. The number of amides is 1. The Morgan fingerprint density at radius 2 is 1.49 bits per heavy atom. The van der Waals surface area contributed by atoms with Crippen LogP contribution in [-0.4, -0.2) is 43.4 Å². The molecular formula is C34H34N3O4. The van der Waals surface area contributed by atoms with Crippen molar-refractivity contribution >= 4 is 34.6 Å². The Morgan fingerprint density at radius 3 is 2.10 bits per heavy atom. The van der Waals surface area contributed by atoms with Gasteiger partial charge in [0.1, 0.15) is 12.6 Å².